The van der Waals surface area contributed by atoms with Crippen LogP contribution in [0, 0.1) is 0 Å². The van der Waals surface area contributed by atoms with E-state index in [2.05, 4.69) is 20.5 Å². The third-order valence-corrected chi connectivity index (χ3v) is 3.05. The van der Waals surface area contributed by atoms with Crippen LogP contribution in [0.2, 0.25) is 0 Å². The Morgan fingerprint density at radius 2 is 2.14 bits per heavy atom. The van der Waals surface area contributed by atoms with Gasteiger partial charge in [0.15, 0.2) is 17.4 Å². The summed E-state index contributed by atoms with van der Waals surface area (Å²) in [6, 6.07) is 10.8. The molecule has 0 bridgehead atoms. The second kappa shape index (κ2) is 5.80. The van der Waals surface area contributed by atoms with Crippen LogP contribution < -0.4 is 5.32 Å². The summed E-state index contributed by atoms with van der Waals surface area (Å²) in [5.74, 6) is 1.18. The predicted octanol–water partition coefficient (Wildman–Crippen LogP) is 2.91. The lowest BCUT2D eigenvalue weighted by atomic mass is 10.1. The minimum absolute atomic E-state index is 0.111. The zero-order valence-corrected chi connectivity index (χ0v) is 11.6. The van der Waals surface area contributed by atoms with Crippen molar-refractivity contribution in [3.63, 3.8) is 0 Å². The maximum atomic E-state index is 11.5. The summed E-state index contributed by atoms with van der Waals surface area (Å²) >= 11 is 5.51. The number of amides is 1. The summed E-state index contributed by atoms with van der Waals surface area (Å²) in [5.41, 5.74) is 1.30. The fraction of sp³-hybridized carbons (Fsp3) is 0.0714. The Morgan fingerprint density at radius 3 is 2.90 bits per heavy atom. The fourth-order valence-electron chi connectivity index (χ4n) is 1.88. The van der Waals surface area contributed by atoms with Gasteiger partial charge in [-0.2, -0.15) is 5.10 Å². The number of hydrogen-bond donors (Lipinski definition) is 2. The summed E-state index contributed by atoms with van der Waals surface area (Å²) in [6.07, 6.45) is 1.56. The third kappa shape index (κ3) is 2.80. The Morgan fingerprint density at radius 1 is 1.29 bits per heavy atom. The van der Waals surface area contributed by atoms with E-state index in [-0.39, 0.29) is 11.8 Å². The average Bonchev–Trinajstić information content (AvgIpc) is 3.18. The summed E-state index contributed by atoms with van der Waals surface area (Å²) in [7, 11) is 0. The van der Waals surface area contributed by atoms with Crippen molar-refractivity contribution in [2.45, 2.75) is 0 Å². The third-order valence-electron chi connectivity index (χ3n) is 2.80. The van der Waals surface area contributed by atoms with Gasteiger partial charge in [0.25, 0.3) is 0 Å². The minimum Gasteiger partial charge on any atom is -0.461 e. The van der Waals surface area contributed by atoms with Gasteiger partial charge in [0, 0.05) is 5.56 Å². The number of aromatic amines is 1. The van der Waals surface area contributed by atoms with Crippen molar-refractivity contribution >= 4 is 23.2 Å². The number of carbonyl (C=O) groups excluding carboxylic acids is 1. The van der Waals surface area contributed by atoms with Crippen molar-refractivity contribution in [1.29, 1.82) is 0 Å². The highest BCUT2D eigenvalue weighted by Gasteiger charge is 2.13. The molecular weight excluding hydrogens is 292 g/mol. The zero-order chi connectivity index (χ0) is 14.7. The number of nitrogens with one attached hydrogen (secondary N) is 2. The molecule has 1 amide bonds. The van der Waals surface area contributed by atoms with Crippen LogP contribution in [0.15, 0.2) is 47.1 Å². The second-order valence-corrected chi connectivity index (χ2v) is 4.48. The first-order valence-corrected chi connectivity index (χ1v) is 6.73. The number of furan rings is 1. The fourth-order valence-corrected chi connectivity index (χ4v) is 1.94. The molecule has 7 heteroatoms. The van der Waals surface area contributed by atoms with Gasteiger partial charge in [-0.25, -0.2) is 4.98 Å². The molecule has 0 saturated heterocycles. The molecule has 0 radical (unpaired) electrons. The van der Waals surface area contributed by atoms with Crippen LogP contribution in [0.25, 0.3) is 23.0 Å². The summed E-state index contributed by atoms with van der Waals surface area (Å²) < 4.78 is 5.26. The van der Waals surface area contributed by atoms with Crippen LogP contribution in [-0.2, 0) is 4.79 Å². The topological polar surface area (TPSA) is 83.8 Å². The van der Waals surface area contributed by atoms with E-state index >= 15 is 0 Å². The van der Waals surface area contributed by atoms with Crippen molar-refractivity contribution < 1.29 is 9.21 Å². The molecule has 0 aliphatic carbocycles. The number of halogens is 1. The van der Waals surface area contributed by atoms with E-state index in [1.807, 2.05) is 18.2 Å². The number of alkyl halides is 1. The van der Waals surface area contributed by atoms with E-state index < -0.39 is 0 Å². The number of carbonyl (C=O) groups is 1. The molecule has 0 atom stereocenters. The molecule has 2 aromatic heterocycles. The number of para-hydroxylation sites is 1. The van der Waals surface area contributed by atoms with E-state index in [9.17, 15) is 4.79 Å². The lowest BCUT2D eigenvalue weighted by Gasteiger charge is -2.06. The molecular formula is C14H11ClN4O2. The highest BCUT2D eigenvalue weighted by atomic mass is 35.5. The number of H-pyrrole nitrogens is 1. The first kappa shape index (κ1) is 13.4. The van der Waals surface area contributed by atoms with Crippen molar-refractivity contribution in [3.05, 3.63) is 42.7 Å². The molecule has 0 aliphatic rings. The first-order chi connectivity index (χ1) is 10.3. The SMILES string of the molecule is O=C(CCl)Nc1ccccc1-c1n[nH]c(-c2ccco2)n1. The lowest BCUT2D eigenvalue weighted by Crippen LogP contribution is -2.13. The normalized spacial score (nSPS) is 10.5. The van der Waals surface area contributed by atoms with E-state index in [0.717, 1.165) is 0 Å². The van der Waals surface area contributed by atoms with Gasteiger partial charge < -0.3 is 9.73 Å². The standard InChI is InChI=1S/C14H11ClN4O2/c15-8-12(20)16-10-5-2-1-4-9(10)13-17-14(19-18-13)11-6-3-7-21-11/h1-7H,8H2,(H,16,20)(H,17,18,19). The van der Waals surface area contributed by atoms with Crippen molar-refractivity contribution in [2.24, 2.45) is 0 Å². The highest BCUT2D eigenvalue weighted by Crippen LogP contribution is 2.26. The predicted molar refractivity (Wildman–Crippen MR) is 78.9 cm³/mol. The first-order valence-electron chi connectivity index (χ1n) is 6.19. The van der Waals surface area contributed by atoms with Crippen molar-refractivity contribution in [2.75, 3.05) is 11.2 Å². The van der Waals surface area contributed by atoms with Gasteiger partial charge in [-0.1, -0.05) is 12.1 Å². The van der Waals surface area contributed by atoms with Gasteiger partial charge in [0.05, 0.1) is 12.0 Å². The van der Waals surface area contributed by atoms with E-state index in [1.54, 1.807) is 24.5 Å². The summed E-state index contributed by atoms with van der Waals surface area (Å²) in [6.45, 7) is 0. The van der Waals surface area contributed by atoms with Gasteiger partial charge in [0.1, 0.15) is 5.88 Å². The monoisotopic (exact) mass is 302 g/mol. The Kier molecular flexibility index (Phi) is 3.70. The van der Waals surface area contributed by atoms with Crippen LogP contribution >= 0.6 is 11.6 Å². The van der Waals surface area contributed by atoms with E-state index in [0.29, 0.717) is 28.7 Å². The van der Waals surface area contributed by atoms with Gasteiger partial charge in [-0.3, -0.25) is 9.89 Å². The number of hydrogen-bond acceptors (Lipinski definition) is 4. The van der Waals surface area contributed by atoms with Crippen molar-refractivity contribution in [3.8, 4) is 23.0 Å². The van der Waals surface area contributed by atoms with Gasteiger partial charge in [-0.15, -0.1) is 11.6 Å². The van der Waals surface area contributed by atoms with Gasteiger partial charge >= 0.3 is 0 Å². The molecule has 2 heterocycles. The maximum absolute atomic E-state index is 11.5. The Balaban J connectivity index is 1.95. The number of anilines is 1. The number of nitrogens with zero attached hydrogens (tertiary/aromatic N) is 2. The molecule has 0 aliphatic heterocycles. The number of benzene rings is 1. The Hall–Kier alpha value is -2.60. The second-order valence-electron chi connectivity index (χ2n) is 4.21. The highest BCUT2D eigenvalue weighted by molar-refractivity contribution is 6.29. The van der Waals surface area contributed by atoms with Gasteiger partial charge in [-0.05, 0) is 24.3 Å². The minimum atomic E-state index is -0.286. The molecule has 3 aromatic rings. The molecule has 21 heavy (non-hydrogen) atoms. The molecule has 3 rings (SSSR count). The summed E-state index contributed by atoms with van der Waals surface area (Å²) in [5, 5.41) is 9.68. The quantitative estimate of drug-likeness (QED) is 0.726. The molecule has 6 nitrogen and oxygen atoms in total. The van der Waals surface area contributed by atoms with Crippen LogP contribution in [0.3, 0.4) is 0 Å². The Labute approximate surface area is 125 Å². The zero-order valence-electron chi connectivity index (χ0n) is 10.8. The van der Waals surface area contributed by atoms with Crippen LogP contribution in [0.5, 0.6) is 0 Å². The molecule has 1 aromatic carbocycles. The van der Waals surface area contributed by atoms with Gasteiger partial charge in [0.2, 0.25) is 5.91 Å². The number of rotatable bonds is 4. The molecule has 0 saturated carbocycles. The van der Waals surface area contributed by atoms with E-state index in [4.69, 9.17) is 16.0 Å². The summed E-state index contributed by atoms with van der Waals surface area (Å²) in [4.78, 5) is 15.8. The smallest absolute Gasteiger partial charge is 0.239 e. The molecule has 106 valence electrons. The lowest BCUT2D eigenvalue weighted by molar-refractivity contribution is -0.113. The van der Waals surface area contributed by atoms with Crippen LogP contribution in [-0.4, -0.2) is 27.0 Å². The molecule has 0 spiro atoms. The maximum Gasteiger partial charge on any atom is 0.239 e. The number of aromatic nitrogens is 3. The van der Waals surface area contributed by atoms with Crippen molar-refractivity contribution in [1.82, 2.24) is 15.2 Å². The van der Waals surface area contributed by atoms with Crippen LogP contribution in [0.1, 0.15) is 0 Å². The van der Waals surface area contributed by atoms with E-state index in [1.165, 1.54) is 0 Å². The average molecular weight is 303 g/mol. The Bertz CT molecular complexity index is 752. The molecule has 0 fully saturated rings. The largest absolute Gasteiger partial charge is 0.461 e. The molecule has 2 N–H and O–H groups in total. The van der Waals surface area contributed by atoms with Crippen LogP contribution in [0.4, 0.5) is 5.69 Å². The molecule has 0 unspecified atom stereocenters.